The number of benzene rings is 6. The molecule has 42 heavy (non-hydrogen) atoms. The van der Waals surface area contributed by atoms with Crippen LogP contribution >= 0.6 is 22.7 Å². The predicted molar refractivity (Wildman–Crippen MR) is 178 cm³/mol. The maximum atomic E-state index is 10.0. The number of hydrogen-bond acceptors (Lipinski definition) is 4. The molecule has 0 saturated carbocycles. The fraction of sp³-hybridized carbons (Fsp3) is 0. The smallest absolute Gasteiger partial charge is 0.0998 e. The molecule has 0 spiro atoms. The third-order valence-electron chi connectivity index (χ3n) is 7.94. The Labute approximate surface area is 250 Å². The number of thiophene rings is 2. The summed E-state index contributed by atoms with van der Waals surface area (Å²) in [5, 5.41) is 24.7. The monoisotopic (exact) mass is 568 g/mol. The average molecular weight is 569 g/mol. The van der Waals surface area contributed by atoms with E-state index in [-0.39, 0.29) is 0 Å². The highest BCUT2D eigenvalue weighted by molar-refractivity contribution is 7.26. The van der Waals surface area contributed by atoms with E-state index >= 15 is 0 Å². The van der Waals surface area contributed by atoms with Crippen molar-refractivity contribution < 1.29 is 0 Å². The number of nitrogens with zero attached hydrogens (tertiary/aromatic N) is 2. The van der Waals surface area contributed by atoms with Crippen LogP contribution in [0.3, 0.4) is 0 Å². The van der Waals surface area contributed by atoms with Crippen LogP contribution in [0.25, 0.3) is 73.7 Å². The zero-order valence-electron chi connectivity index (χ0n) is 22.3. The van der Waals surface area contributed by atoms with Crippen LogP contribution in [0.2, 0.25) is 0 Å². The van der Waals surface area contributed by atoms with Crippen LogP contribution in [0.5, 0.6) is 0 Å². The summed E-state index contributed by atoms with van der Waals surface area (Å²) < 4.78 is 5.01. The van der Waals surface area contributed by atoms with Crippen LogP contribution < -0.4 is 0 Å². The molecule has 0 amide bonds. The molecular formula is C38H20N2S2. The molecule has 8 aromatic rings. The lowest BCUT2D eigenvalue weighted by atomic mass is 9.90. The molecule has 0 atom stereocenters. The van der Waals surface area contributed by atoms with Crippen molar-refractivity contribution in [3.63, 3.8) is 0 Å². The average Bonchev–Trinajstić information content (AvgIpc) is 3.63. The number of fused-ring (bicyclic) bond motifs is 6. The maximum Gasteiger partial charge on any atom is 0.0998 e. The third-order valence-corrected chi connectivity index (χ3v) is 10.4. The molecule has 8 rings (SSSR count). The van der Waals surface area contributed by atoms with Gasteiger partial charge in [0.25, 0.3) is 0 Å². The normalized spacial score (nSPS) is 11.3. The Bertz CT molecular complexity index is 2310. The van der Waals surface area contributed by atoms with Crippen molar-refractivity contribution in [2.45, 2.75) is 0 Å². The molecule has 2 heterocycles. The van der Waals surface area contributed by atoms with Crippen LogP contribution in [0, 0.1) is 22.7 Å². The summed E-state index contributed by atoms with van der Waals surface area (Å²) in [5.74, 6) is 0. The van der Waals surface area contributed by atoms with Crippen LogP contribution in [-0.4, -0.2) is 0 Å². The lowest BCUT2D eigenvalue weighted by Crippen LogP contribution is -1.90. The second-order valence-electron chi connectivity index (χ2n) is 10.3. The highest BCUT2D eigenvalue weighted by Crippen LogP contribution is 2.45. The standard InChI is InChI=1S/C38H20N2S2/c39-21-23-15-16-24(22-40)34(17-23)27-19-25(28-9-5-11-32-30-7-1-3-13-35(30)41-37(28)32)18-26(20-27)29-10-6-12-33-31-8-2-4-14-36(31)42-38(29)33/h1-20H. The Morgan fingerprint density at radius 3 is 1.45 bits per heavy atom. The largest absolute Gasteiger partial charge is 0.192 e. The Kier molecular flexibility index (Phi) is 5.66. The van der Waals surface area contributed by atoms with Crippen molar-refractivity contribution in [2.24, 2.45) is 0 Å². The van der Waals surface area contributed by atoms with E-state index in [9.17, 15) is 10.5 Å². The minimum Gasteiger partial charge on any atom is -0.192 e. The van der Waals surface area contributed by atoms with Gasteiger partial charge in [0.2, 0.25) is 0 Å². The number of hydrogen-bond donors (Lipinski definition) is 0. The van der Waals surface area contributed by atoms with Gasteiger partial charge in [-0.15, -0.1) is 22.7 Å². The molecule has 194 valence electrons. The molecule has 0 aliphatic heterocycles. The molecule has 4 heteroatoms. The van der Waals surface area contributed by atoms with Gasteiger partial charge in [0.15, 0.2) is 0 Å². The maximum absolute atomic E-state index is 10.0. The topological polar surface area (TPSA) is 47.6 Å². The molecule has 2 aromatic heterocycles. The second kappa shape index (κ2) is 9.68. The summed E-state index contributed by atoms with van der Waals surface area (Å²) in [4.78, 5) is 0. The predicted octanol–water partition coefficient (Wildman–Crippen LogP) is 11.2. The van der Waals surface area contributed by atoms with Crippen molar-refractivity contribution >= 4 is 63.0 Å². The van der Waals surface area contributed by atoms with Crippen molar-refractivity contribution in [3.05, 3.63) is 132 Å². The van der Waals surface area contributed by atoms with Gasteiger partial charge in [-0.25, -0.2) is 0 Å². The minimum absolute atomic E-state index is 0.536. The van der Waals surface area contributed by atoms with E-state index in [1.54, 1.807) is 12.1 Å². The summed E-state index contributed by atoms with van der Waals surface area (Å²) >= 11 is 3.62. The first-order valence-corrected chi connectivity index (χ1v) is 15.3. The molecule has 0 saturated heterocycles. The summed E-state index contributed by atoms with van der Waals surface area (Å²) in [6, 6.07) is 46.7. The van der Waals surface area contributed by atoms with E-state index in [0.717, 1.165) is 33.4 Å². The van der Waals surface area contributed by atoms with Crippen LogP contribution in [0.1, 0.15) is 11.1 Å². The Morgan fingerprint density at radius 2 is 0.929 bits per heavy atom. The lowest BCUT2D eigenvalue weighted by molar-refractivity contribution is 1.45. The van der Waals surface area contributed by atoms with E-state index < -0.39 is 0 Å². The molecule has 0 unspecified atom stereocenters. The van der Waals surface area contributed by atoms with Gasteiger partial charge in [-0.05, 0) is 76.3 Å². The van der Waals surface area contributed by atoms with Crippen LogP contribution in [0.15, 0.2) is 121 Å². The Hall–Kier alpha value is -5.26. The molecule has 6 aromatic carbocycles. The summed E-state index contributed by atoms with van der Waals surface area (Å²) in [5.41, 5.74) is 7.28. The van der Waals surface area contributed by atoms with E-state index in [1.807, 2.05) is 28.7 Å². The van der Waals surface area contributed by atoms with E-state index in [2.05, 4.69) is 115 Å². The molecule has 2 nitrogen and oxygen atoms in total. The van der Waals surface area contributed by atoms with Crippen molar-refractivity contribution in [1.29, 1.82) is 10.5 Å². The first-order valence-electron chi connectivity index (χ1n) is 13.6. The van der Waals surface area contributed by atoms with Gasteiger partial charge >= 0.3 is 0 Å². The van der Waals surface area contributed by atoms with E-state index in [0.29, 0.717) is 11.1 Å². The zero-order valence-corrected chi connectivity index (χ0v) is 23.9. The minimum atomic E-state index is 0.536. The molecular weight excluding hydrogens is 549 g/mol. The number of nitriles is 2. The van der Waals surface area contributed by atoms with Gasteiger partial charge in [0.1, 0.15) is 0 Å². The van der Waals surface area contributed by atoms with Gasteiger partial charge in [-0.3, -0.25) is 0 Å². The second-order valence-corrected chi connectivity index (χ2v) is 12.4. The highest BCUT2D eigenvalue weighted by Gasteiger charge is 2.17. The van der Waals surface area contributed by atoms with Crippen molar-refractivity contribution in [1.82, 2.24) is 0 Å². The molecule has 0 aliphatic rings. The summed E-state index contributed by atoms with van der Waals surface area (Å²) in [7, 11) is 0. The summed E-state index contributed by atoms with van der Waals surface area (Å²) in [6.45, 7) is 0. The quantitative estimate of drug-likeness (QED) is 0.213. The van der Waals surface area contributed by atoms with Gasteiger partial charge in [0.05, 0.1) is 23.3 Å². The summed E-state index contributed by atoms with van der Waals surface area (Å²) in [6.07, 6.45) is 0. The SMILES string of the molecule is N#Cc1ccc(C#N)c(-c2cc(-c3cccc4c3sc3ccccc34)cc(-c3cccc4c3sc3ccccc34)c2)c1. The van der Waals surface area contributed by atoms with E-state index in [1.165, 1.54) is 40.3 Å². The molecule has 0 radical (unpaired) electrons. The molecule has 0 aliphatic carbocycles. The van der Waals surface area contributed by atoms with Crippen molar-refractivity contribution in [3.8, 4) is 45.5 Å². The van der Waals surface area contributed by atoms with Crippen molar-refractivity contribution in [2.75, 3.05) is 0 Å². The zero-order chi connectivity index (χ0) is 28.2. The fourth-order valence-corrected chi connectivity index (χ4v) is 8.47. The lowest BCUT2D eigenvalue weighted by Gasteiger charge is -2.14. The highest BCUT2D eigenvalue weighted by atomic mass is 32.1. The Morgan fingerprint density at radius 1 is 0.429 bits per heavy atom. The Balaban J connectivity index is 1.45. The van der Waals surface area contributed by atoms with Gasteiger partial charge in [0, 0.05) is 45.9 Å². The molecule has 0 N–H and O–H groups in total. The van der Waals surface area contributed by atoms with Gasteiger partial charge in [-0.1, -0.05) is 72.8 Å². The first kappa shape index (κ1) is 24.5. The van der Waals surface area contributed by atoms with Crippen LogP contribution in [0.4, 0.5) is 0 Å². The third kappa shape index (κ3) is 3.82. The van der Waals surface area contributed by atoms with Gasteiger partial charge in [-0.2, -0.15) is 10.5 Å². The number of rotatable bonds is 3. The molecule has 0 bridgehead atoms. The van der Waals surface area contributed by atoms with E-state index in [4.69, 9.17) is 0 Å². The van der Waals surface area contributed by atoms with Gasteiger partial charge < -0.3 is 0 Å². The fourth-order valence-electron chi connectivity index (χ4n) is 5.99. The molecule has 0 fully saturated rings. The first-order chi connectivity index (χ1) is 20.7. The van der Waals surface area contributed by atoms with Crippen LogP contribution in [-0.2, 0) is 0 Å².